The van der Waals surface area contributed by atoms with E-state index in [-0.39, 0.29) is 18.2 Å². The molecule has 1 amide bonds. The largest absolute Gasteiger partial charge is 0.466 e. The first kappa shape index (κ1) is 14.3. The number of carbonyl (C=O) groups excluding carboxylic acids is 1. The zero-order valence-corrected chi connectivity index (χ0v) is 11.5. The molecule has 22 heavy (non-hydrogen) atoms. The molecule has 1 aliphatic rings. The van der Waals surface area contributed by atoms with Gasteiger partial charge in [-0.3, -0.25) is 14.9 Å². The highest BCUT2D eigenvalue weighted by Crippen LogP contribution is 2.45. The number of hydrogen-bond acceptors (Lipinski definition) is 6. The minimum atomic E-state index is -1.28. The lowest BCUT2D eigenvalue weighted by molar-refractivity contribution is -0.402. The number of aliphatic hydroxyl groups is 1. The molecule has 2 N–H and O–H groups in total. The van der Waals surface area contributed by atoms with Gasteiger partial charge in [-0.15, -0.1) is 0 Å². The Morgan fingerprint density at radius 3 is 2.77 bits per heavy atom. The Hall–Kier alpha value is -2.61. The number of amides is 1. The lowest BCUT2D eigenvalue weighted by atomic mass is 9.94. The summed E-state index contributed by atoms with van der Waals surface area (Å²) in [6.07, 6.45) is 3.15. The summed E-state index contributed by atoms with van der Waals surface area (Å²) in [5.41, 5.74) is -1.28. The van der Waals surface area contributed by atoms with Gasteiger partial charge in [0, 0.05) is 0 Å². The molecule has 1 aliphatic carbocycles. The Kier molecular flexibility index (Phi) is 3.45. The summed E-state index contributed by atoms with van der Waals surface area (Å²) in [4.78, 5) is 21.8. The third kappa shape index (κ3) is 2.60. The molecule has 2 heterocycles. The molecule has 8 nitrogen and oxygen atoms in total. The van der Waals surface area contributed by atoms with Gasteiger partial charge >= 0.3 is 5.88 Å². The van der Waals surface area contributed by atoms with Gasteiger partial charge in [0.1, 0.15) is 16.3 Å². The molecular formula is C14H14N2O6. The van der Waals surface area contributed by atoms with E-state index in [4.69, 9.17) is 8.83 Å². The Labute approximate surface area is 124 Å². The molecule has 8 heteroatoms. The van der Waals surface area contributed by atoms with Crippen LogP contribution in [0.2, 0.25) is 0 Å². The highest BCUT2D eigenvalue weighted by atomic mass is 16.6. The standard InChI is InChI=1S/C14H14N2O6/c17-13(10-5-6-12(22-10)16(19)20)15-8-14(18,9-3-4-9)11-2-1-7-21-11/h1-2,5-7,9,18H,3-4,8H2,(H,15,17)/t14-/m1/s1. The van der Waals surface area contributed by atoms with E-state index in [1.165, 1.54) is 12.3 Å². The molecule has 3 rings (SSSR count). The Morgan fingerprint density at radius 2 is 2.23 bits per heavy atom. The minimum absolute atomic E-state index is 0.0184. The van der Waals surface area contributed by atoms with E-state index < -0.39 is 22.3 Å². The van der Waals surface area contributed by atoms with Crippen LogP contribution in [0.25, 0.3) is 0 Å². The third-order valence-electron chi connectivity index (χ3n) is 3.71. The SMILES string of the molecule is O=C(NC[C@](O)(c1ccco1)C1CC1)c1ccc([N+](=O)[O-])o1. The van der Waals surface area contributed by atoms with Gasteiger partial charge in [-0.2, -0.15) is 0 Å². The van der Waals surface area contributed by atoms with E-state index in [0.29, 0.717) is 5.76 Å². The molecule has 1 saturated carbocycles. The van der Waals surface area contributed by atoms with Crippen LogP contribution in [0.4, 0.5) is 5.88 Å². The lowest BCUT2D eigenvalue weighted by Crippen LogP contribution is -2.42. The Bertz CT molecular complexity index is 688. The van der Waals surface area contributed by atoms with Crippen molar-refractivity contribution in [2.24, 2.45) is 5.92 Å². The predicted molar refractivity (Wildman–Crippen MR) is 73.0 cm³/mol. The maximum Gasteiger partial charge on any atom is 0.433 e. The van der Waals surface area contributed by atoms with Crippen molar-refractivity contribution in [3.63, 3.8) is 0 Å². The molecule has 0 unspecified atom stereocenters. The van der Waals surface area contributed by atoms with Crippen molar-refractivity contribution in [2.75, 3.05) is 6.54 Å². The predicted octanol–water partition coefficient (Wildman–Crippen LogP) is 1.81. The second-order valence-electron chi connectivity index (χ2n) is 5.25. The molecule has 1 fully saturated rings. The summed E-state index contributed by atoms with van der Waals surface area (Å²) < 4.78 is 10.1. The van der Waals surface area contributed by atoms with Crippen LogP contribution in [0, 0.1) is 16.0 Å². The highest BCUT2D eigenvalue weighted by Gasteiger charge is 2.47. The topological polar surface area (TPSA) is 119 Å². The Morgan fingerprint density at radius 1 is 1.45 bits per heavy atom. The average molecular weight is 306 g/mol. The van der Waals surface area contributed by atoms with Crippen LogP contribution < -0.4 is 5.32 Å². The van der Waals surface area contributed by atoms with Gasteiger partial charge in [-0.05, 0) is 37.0 Å². The number of nitrogens with one attached hydrogen (secondary N) is 1. The maximum atomic E-state index is 12.0. The first-order valence-electron chi connectivity index (χ1n) is 6.79. The van der Waals surface area contributed by atoms with Crippen molar-refractivity contribution in [1.82, 2.24) is 5.32 Å². The number of furan rings is 2. The summed E-state index contributed by atoms with van der Waals surface area (Å²) in [5, 5.41) is 23.8. The molecule has 2 aromatic heterocycles. The summed E-state index contributed by atoms with van der Waals surface area (Å²) in [7, 11) is 0. The van der Waals surface area contributed by atoms with Crippen LogP contribution in [-0.2, 0) is 5.60 Å². The van der Waals surface area contributed by atoms with Crippen molar-refractivity contribution in [3.8, 4) is 0 Å². The Balaban J connectivity index is 1.69. The van der Waals surface area contributed by atoms with E-state index in [1.807, 2.05) is 0 Å². The average Bonchev–Trinajstić information content (AvgIpc) is 3.03. The van der Waals surface area contributed by atoms with Gasteiger partial charge in [0.25, 0.3) is 5.91 Å². The highest BCUT2D eigenvalue weighted by molar-refractivity contribution is 5.91. The van der Waals surface area contributed by atoms with Crippen molar-refractivity contribution in [2.45, 2.75) is 18.4 Å². The van der Waals surface area contributed by atoms with Gasteiger partial charge in [0.2, 0.25) is 0 Å². The number of nitro groups is 1. The molecule has 0 spiro atoms. The summed E-state index contributed by atoms with van der Waals surface area (Å²) in [6.45, 7) is -0.0570. The fraction of sp³-hybridized carbons (Fsp3) is 0.357. The van der Waals surface area contributed by atoms with E-state index in [0.717, 1.165) is 18.9 Å². The van der Waals surface area contributed by atoms with Gasteiger partial charge in [-0.25, -0.2) is 0 Å². The smallest absolute Gasteiger partial charge is 0.433 e. The molecular weight excluding hydrogens is 292 g/mol. The molecule has 0 bridgehead atoms. The fourth-order valence-electron chi connectivity index (χ4n) is 2.37. The van der Waals surface area contributed by atoms with Gasteiger partial charge < -0.3 is 19.3 Å². The van der Waals surface area contributed by atoms with Crippen LogP contribution in [-0.4, -0.2) is 22.5 Å². The number of nitrogens with zero attached hydrogens (tertiary/aromatic N) is 1. The van der Waals surface area contributed by atoms with E-state index in [1.54, 1.807) is 12.1 Å². The van der Waals surface area contributed by atoms with Gasteiger partial charge in [0.05, 0.1) is 18.9 Å². The molecule has 0 radical (unpaired) electrons. The summed E-state index contributed by atoms with van der Waals surface area (Å²) in [6, 6.07) is 5.65. The molecule has 116 valence electrons. The van der Waals surface area contributed by atoms with Crippen molar-refractivity contribution in [3.05, 3.63) is 52.2 Å². The van der Waals surface area contributed by atoms with Crippen LogP contribution in [0.5, 0.6) is 0 Å². The van der Waals surface area contributed by atoms with Crippen LogP contribution in [0.3, 0.4) is 0 Å². The fourth-order valence-corrected chi connectivity index (χ4v) is 2.37. The number of carbonyl (C=O) groups is 1. The second kappa shape index (κ2) is 5.30. The molecule has 0 aliphatic heterocycles. The number of rotatable bonds is 6. The van der Waals surface area contributed by atoms with E-state index in [9.17, 15) is 20.0 Å². The van der Waals surface area contributed by atoms with E-state index in [2.05, 4.69) is 5.32 Å². The summed E-state index contributed by atoms with van der Waals surface area (Å²) >= 11 is 0. The lowest BCUT2D eigenvalue weighted by Gasteiger charge is -2.26. The normalized spacial score (nSPS) is 17.0. The maximum absolute atomic E-state index is 12.0. The first-order chi connectivity index (χ1) is 10.5. The van der Waals surface area contributed by atoms with Crippen molar-refractivity contribution >= 4 is 11.8 Å². The van der Waals surface area contributed by atoms with Gasteiger partial charge in [0.15, 0.2) is 5.76 Å². The molecule has 1 atom stereocenters. The minimum Gasteiger partial charge on any atom is -0.466 e. The monoisotopic (exact) mass is 306 g/mol. The van der Waals surface area contributed by atoms with Crippen LogP contribution >= 0.6 is 0 Å². The first-order valence-corrected chi connectivity index (χ1v) is 6.79. The summed E-state index contributed by atoms with van der Waals surface area (Å²) in [5.74, 6) is -0.901. The number of hydrogen-bond donors (Lipinski definition) is 2. The van der Waals surface area contributed by atoms with Crippen molar-refractivity contribution in [1.29, 1.82) is 0 Å². The molecule has 2 aromatic rings. The zero-order chi connectivity index (χ0) is 15.7. The molecule has 0 aromatic carbocycles. The third-order valence-corrected chi connectivity index (χ3v) is 3.71. The van der Waals surface area contributed by atoms with Gasteiger partial charge in [-0.1, -0.05) is 0 Å². The van der Waals surface area contributed by atoms with Crippen LogP contribution in [0.1, 0.15) is 29.2 Å². The zero-order valence-electron chi connectivity index (χ0n) is 11.5. The molecule has 0 saturated heterocycles. The van der Waals surface area contributed by atoms with Crippen LogP contribution in [0.15, 0.2) is 39.4 Å². The van der Waals surface area contributed by atoms with E-state index >= 15 is 0 Å². The second-order valence-corrected chi connectivity index (χ2v) is 5.25. The van der Waals surface area contributed by atoms with Crippen molar-refractivity contribution < 1.29 is 23.7 Å². The quantitative estimate of drug-likeness (QED) is 0.620.